The minimum atomic E-state index is 0.184. The maximum absolute atomic E-state index is 8.84. The van der Waals surface area contributed by atoms with Crippen molar-refractivity contribution in [3.63, 3.8) is 0 Å². The Bertz CT molecular complexity index is 484. The van der Waals surface area contributed by atoms with Crippen LogP contribution in [0.15, 0.2) is 24.3 Å². The molecule has 1 spiro atoms. The quantitative estimate of drug-likeness (QED) is 0.815. The van der Waals surface area contributed by atoms with Crippen LogP contribution in [-0.4, -0.2) is 25.3 Å². The number of rotatable bonds is 2. The van der Waals surface area contributed by atoms with E-state index in [0.717, 1.165) is 25.0 Å². The van der Waals surface area contributed by atoms with Gasteiger partial charge in [0.25, 0.3) is 0 Å². The van der Waals surface area contributed by atoms with Gasteiger partial charge in [-0.05, 0) is 56.4 Å². The van der Waals surface area contributed by atoms with E-state index in [-0.39, 0.29) is 5.60 Å². The molecule has 3 rings (SSSR count). The van der Waals surface area contributed by atoms with Crippen LogP contribution in [-0.2, 0) is 4.74 Å². The fraction of sp³-hybridized carbons (Fsp3) is 0.562. The van der Waals surface area contributed by atoms with Crippen molar-refractivity contribution in [3.05, 3.63) is 29.8 Å². The van der Waals surface area contributed by atoms with Gasteiger partial charge in [-0.25, -0.2) is 0 Å². The lowest BCUT2D eigenvalue weighted by molar-refractivity contribution is -0.132. The van der Waals surface area contributed by atoms with E-state index in [2.05, 4.69) is 18.0 Å². The van der Waals surface area contributed by atoms with Gasteiger partial charge in [0.1, 0.15) is 0 Å². The third-order valence-corrected chi connectivity index (χ3v) is 4.68. The van der Waals surface area contributed by atoms with Gasteiger partial charge in [-0.1, -0.05) is 0 Å². The summed E-state index contributed by atoms with van der Waals surface area (Å²) in [6, 6.07) is 10.6. The van der Waals surface area contributed by atoms with Crippen molar-refractivity contribution in [2.24, 2.45) is 0 Å². The maximum atomic E-state index is 8.84. The topological polar surface area (TPSA) is 36.3 Å². The van der Waals surface area contributed by atoms with E-state index >= 15 is 0 Å². The van der Waals surface area contributed by atoms with Crippen LogP contribution >= 0.6 is 0 Å². The average Bonchev–Trinajstić information content (AvgIpc) is 2.45. The van der Waals surface area contributed by atoms with Gasteiger partial charge in [-0.2, -0.15) is 5.26 Å². The van der Waals surface area contributed by atoms with Crippen LogP contribution in [0.5, 0.6) is 0 Å². The number of anilines is 1. The molecule has 1 heterocycles. The zero-order valence-electron chi connectivity index (χ0n) is 11.4. The fourth-order valence-corrected chi connectivity index (χ4v) is 3.23. The highest BCUT2D eigenvalue weighted by Crippen LogP contribution is 2.43. The summed E-state index contributed by atoms with van der Waals surface area (Å²) in [6.45, 7) is 0.880. The third-order valence-electron chi connectivity index (χ3n) is 4.68. The van der Waals surface area contributed by atoms with Crippen molar-refractivity contribution in [3.8, 4) is 6.07 Å². The summed E-state index contributed by atoms with van der Waals surface area (Å²) in [6.07, 6.45) is 6.00. The highest BCUT2D eigenvalue weighted by atomic mass is 16.5. The van der Waals surface area contributed by atoms with Crippen molar-refractivity contribution in [1.82, 2.24) is 0 Å². The fourth-order valence-electron chi connectivity index (χ4n) is 3.23. The molecule has 2 aliphatic rings. The zero-order chi connectivity index (χ0) is 13.3. The van der Waals surface area contributed by atoms with Crippen LogP contribution in [0.4, 0.5) is 5.69 Å². The molecule has 1 saturated heterocycles. The number of nitriles is 1. The minimum absolute atomic E-state index is 0.184. The number of hydrogen-bond donors (Lipinski definition) is 0. The van der Waals surface area contributed by atoms with Crippen molar-refractivity contribution in [1.29, 1.82) is 5.26 Å². The number of hydrogen-bond acceptors (Lipinski definition) is 3. The predicted molar refractivity (Wildman–Crippen MR) is 75.1 cm³/mol. The van der Waals surface area contributed by atoms with Crippen molar-refractivity contribution >= 4 is 5.69 Å². The molecule has 1 aromatic rings. The Morgan fingerprint density at radius 2 is 2.05 bits per heavy atom. The second-order valence-electron chi connectivity index (χ2n) is 5.80. The Morgan fingerprint density at radius 1 is 1.32 bits per heavy atom. The minimum Gasteiger partial charge on any atom is -0.375 e. The van der Waals surface area contributed by atoms with E-state index in [1.165, 1.54) is 24.9 Å². The first-order valence-electron chi connectivity index (χ1n) is 7.09. The third kappa shape index (κ3) is 2.33. The predicted octanol–water partition coefficient (Wildman–Crippen LogP) is 3.10. The monoisotopic (exact) mass is 256 g/mol. The van der Waals surface area contributed by atoms with Crippen molar-refractivity contribution in [2.75, 3.05) is 18.6 Å². The van der Waals surface area contributed by atoms with Gasteiger partial charge < -0.3 is 9.64 Å². The standard InChI is InChI=1S/C16H20N2O/c1-18(14-5-3-13(12-17)4-6-14)15-7-10-19-16(11-15)8-2-9-16/h3-6,15H,2,7-11H2,1H3. The maximum Gasteiger partial charge on any atom is 0.0991 e. The summed E-state index contributed by atoms with van der Waals surface area (Å²) in [5.41, 5.74) is 2.10. The molecular formula is C16H20N2O. The van der Waals surface area contributed by atoms with Gasteiger partial charge in [0, 0.05) is 25.4 Å². The molecular weight excluding hydrogens is 236 g/mol. The summed E-state index contributed by atoms with van der Waals surface area (Å²) in [7, 11) is 2.16. The van der Waals surface area contributed by atoms with Gasteiger partial charge in [-0.3, -0.25) is 0 Å². The molecule has 0 N–H and O–H groups in total. The number of benzene rings is 1. The lowest BCUT2D eigenvalue weighted by atomic mass is 9.73. The molecule has 3 heteroatoms. The molecule has 3 nitrogen and oxygen atoms in total. The molecule has 1 aliphatic carbocycles. The molecule has 0 bridgehead atoms. The summed E-state index contributed by atoms with van der Waals surface area (Å²) in [5.74, 6) is 0. The van der Waals surface area contributed by atoms with Crippen LogP contribution < -0.4 is 4.90 Å². The van der Waals surface area contributed by atoms with E-state index in [0.29, 0.717) is 6.04 Å². The highest BCUT2D eigenvalue weighted by molar-refractivity contribution is 5.50. The smallest absolute Gasteiger partial charge is 0.0991 e. The molecule has 0 aromatic heterocycles. The Balaban J connectivity index is 1.72. The summed E-state index contributed by atoms with van der Waals surface area (Å²) < 4.78 is 5.98. The first-order chi connectivity index (χ1) is 9.22. The Kier molecular flexibility index (Phi) is 3.20. The molecule has 1 atom stereocenters. The summed E-state index contributed by atoms with van der Waals surface area (Å²) >= 11 is 0. The normalized spacial score (nSPS) is 24.5. The van der Waals surface area contributed by atoms with Gasteiger partial charge in [0.15, 0.2) is 0 Å². The van der Waals surface area contributed by atoms with Crippen LogP contribution in [0, 0.1) is 11.3 Å². The number of ether oxygens (including phenoxy) is 1. The summed E-state index contributed by atoms with van der Waals surface area (Å²) in [5, 5.41) is 8.84. The van der Waals surface area contributed by atoms with E-state index in [9.17, 15) is 0 Å². The Hall–Kier alpha value is -1.53. The number of nitrogens with zero attached hydrogens (tertiary/aromatic N) is 2. The van der Waals surface area contributed by atoms with Crippen molar-refractivity contribution in [2.45, 2.75) is 43.7 Å². The molecule has 2 fully saturated rings. The molecule has 0 radical (unpaired) electrons. The molecule has 100 valence electrons. The zero-order valence-corrected chi connectivity index (χ0v) is 11.4. The molecule has 1 unspecified atom stereocenters. The second-order valence-corrected chi connectivity index (χ2v) is 5.80. The molecule has 1 aliphatic heterocycles. The van der Waals surface area contributed by atoms with Crippen LogP contribution in [0.25, 0.3) is 0 Å². The van der Waals surface area contributed by atoms with Crippen LogP contribution in [0.3, 0.4) is 0 Å². The van der Waals surface area contributed by atoms with E-state index in [1.54, 1.807) is 0 Å². The van der Waals surface area contributed by atoms with Crippen molar-refractivity contribution < 1.29 is 4.74 Å². The molecule has 19 heavy (non-hydrogen) atoms. The average molecular weight is 256 g/mol. The first kappa shape index (κ1) is 12.5. The van der Waals surface area contributed by atoms with E-state index < -0.39 is 0 Å². The second kappa shape index (κ2) is 4.86. The molecule has 1 aromatic carbocycles. The lowest BCUT2D eigenvalue weighted by Gasteiger charge is -2.49. The van der Waals surface area contributed by atoms with Crippen LogP contribution in [0.2, 0.25) is 0 Å². The first-order valence-corrected chi connectivity index (χ1v) is 7.09. The largest absolute Gasteiger partial charge is 0.375 e. The van der Waals surface area contributed by atoms with Gasteiger partial charge >= 0.3 is 0 Å². The Morgan fingerprint density at radius 3 is 2.63 bits per heavy atom. The van der Waals surface area contributed by atoms with E-state index in [4.69, 9.17) is 10.00 Å². The summed E-state index contributed by atoms with van der Waals surface area (Å²) in [4.78, 5) is 2.35. The SMILES string of the molecule is CN(c1ccc(C#N)cc1)C1CCOC2(CCC2)C1. The van der Waals surface area contributed by atoms with Crippen LogP contribution in [0.1, 0.15) is 37.7 Å². The van der Waals surface area contributed by atoms with Gasteiger partial charge in [0.05, 0.1) is 17.2 Å². The van der Waals surface area contributed by atoms with E-state index in [1.807, 2.05) is 24.3 Å². The lowest BCUT2D eigenvalue weighted by Crippen LogP contribution is -2.51. The van der Waals surface area contributed by atoms with Gasteiger partial charge in [-0.15, -0.1) is 0 Å². The highest BCUT2D eigenvalue weighted by Gasteiger charge is 2.43. The van der Waals surface area contributed by atoms with Gasteiger partial charge in [0.2, 0.25) is 0 Å². The molecule has 0 amide bonds. The molecule has 1 saturated carbocycles. The Labute approximate surface area is 114 Å².